The number of benzene rings is 1. The van der Waals surface area contributed by atoms with E-state index in [-0.39, 0.29) is 36.8 Å². The first kappa shape index (κ1) is 17.4. The van der Waals surface area contributed by atoms with Crippen molar-refractivity contribution in [2.75, 3.05) is 6.61 Å². The lowest BCUT2D eigenvalue weighted by Gasteiger charge is -2.15. The Labute approximate surface area is 125 Å². The lowest BCUT2D eigenvalue weighted by Crippen LogP contribution is -2.31. The summed E-state index contributed by atoms with van der Waals surface area (Å²) in [7, 11) is 0. The van der Waals surface area contributed by atoms with E-state index in [0.717, 1.165) is 12.0 Å². The molecule has 21 heavy (non-hydrogen) atoms. The molecule has 0 aliphatic heterocycles. The highest BCUT2D eigenvalue weighted by atomic mass is 19.1. The molecule has 0 saturated heterocycles. The first-order valence-electron chi connectivity index (χ1n) is 7.39. The summed E-state index contributed by atoms with van der Waals surface area (Å²) in [5.74, 6) is -0.313. The molecule has 1 rings (SSSR count). The Morgan fingerprint density at radius 1 is 1.43 bits per heavy atom. The van der Waals surface area contributed by atoms with E-state index in [1.807, 2.05) is 26.8 Å². The largest absolute Gasteiger partial charge is 0.490 e. The van der Waals surface area contributed by atoms with E-state index in [0.29, 0.717) is 6.42 Å². The molecule has 0 aromatic heterocycles. The lowest BCUT2D eigenvalue weighted by molar-refractivity contribution is -0.122. The van der Waals surface area contributed by atoms with Crippen LogP contribution in [0.5, 0.6) is 5.75 Å². The molecule has 1 aromatic rings. The van der Waals surface area contributed by atoms with Gasteiger partial charge in [-0.05, 0) is 38.3 Å². The van der Waals surface area contributed by atoms with Crippen molar-refractivity contribution in [3.63, 3.8) is 0 Å². The van der Waals surface area contributed by atoms with Gasteiger partial charge in [-0.2, -0.15) is 0 Å². The van der Waals surface area contributed by atoms with Gasteiger partial charge in [0.25, 0.3) is 0 Å². The minimum atomic E-state index is -0.417. The highest BCUT2D eigenvalue weighted by Gasteiger charge is 2.13. The highest BCUT2D eigenvalue weighted by Crippen LogP contribution is 2.24. The number of carbonyl (C=O) groups is 1. The topological polar surface area (TPSA) is 64.3 Å². The number of halogens is 1. The second kappa shape index (κ2) is 8.62. The molecule has 118 valence electrons. The van der Waals surface area contributed by atoms with Crippen molar-refractivity contribution >= 4 is 5.91 Å². The van der Waals surface area contributed by atoms with Crippen LogP contribution in [-0.2, 0) is 11.2 Å². The third-order valence-corrected chi connectivity index (χ3v) is 3.08. The number of hydrogen-bond donors (Lipinski definition) is 2. The van der Waals surface area contributed by atoms with Gasteiger partial charge in [-0.1, -0.05) is 19.1 Å². The van der Waals surface area contributed by atoms with Crippen molar-refractivity contribution < 1.29 is 13.9 Å². The van der Waals surface area contributed by atoms with Crippen LogP contribution in [0.4, 0.5) is 4.39 Å². The molecular formula is C16H25FN2O2. The number of ether oxygens (including phenoxy) is 1. The fourth-order valence-electron chi connectivity index (χ4n) is 1.94. The summed E-state index contributed by atoms with van der Waals surface area (Å²) in [6.45, 7) is 5.91. The molecule has 0 bridgehead atoms. The zero-order chi connectivity index (χ0) is 15.8. The van der Waals surface area contributed by atoms with Crippen LogP contribution in [0.15, 0.2) is 18.2 Å². The summed E-state index contributed by atoms with van der Waals surface area (Å²) < 4.78 is 19.3. The van der Waals surface area contributed by atoms with Gasteiger partial charge in [0.2, 0.25) is 5.91 Å². The average Bonchev–Trinajstić information content (AvgIpc) is 2.40. The minimum absolute atomic E-state index is 0.0293. The molecule has 0 radical (unpaired) electrons. The molecule has 0 saturated carbocycles. The van der Waals surface area contributed by atoms with Gasteiger partial charge in [-0.15, -0.1) is 0 Å². The summed E-state index contributed by atoms with van der Waals surface area (Å²) in [6, 6.07) is 4.86. The number of nitrogens with one attached hydrogen (secondary N) is 1. The number of nitrogens with two attached hydrogens (primary N) is 1. The molecular weight excluding hydrogens is 271 g/mol. The van der Waals surface area contributed by atoms with E-state index < -0.39 is 5.82 Å². The molecule has 4 nitrogen and oxygen atoms in total. The molecule has 5 heteroatoms. The normalized spacial score (nSPS) is 12.3. The number of hydrogen-bond acceptors (Lipinski definition) is 3. The summed E-state index contributed by atoms with van der Waals surface area (Å²) in [4.78, 5) is 11.5. The third-order valence-electron chi connectivity index (χ3n) is 3.08. The van der Waals surface area contributed by atoms with Crippen LogP contribution >= 0.6 is 0 Å². The van der Waals surface area contributed by atoms with Gasteiger partial charge in [0, 0.05) is 12.1 Å². The summed E-state index contributed by atoms with van der Waals surface area (Å²) in [6.07, 6.45) is 1.57. The third kappa shape index (κ3) is 6.12. The molecule has 1 unspecified atom stereocenters. The fraction of sp³-hybridized carbons (Fsp3) is 0.562. The number of para-hydroxylation sites is 1. The Morgan fingerprint density at radius 3 is 2.76 bits per heavy atom. The Balaban J connectivity index is 2.63. The molecule has 1 aromatic carbocycles. The number of carbonyl (C=O) groups excluding carboxylic acids is 1. The summed E-state index contributed by atoms with van der Waals surface area (Å²) >= 11 is 0. The lowest BCUT2D eigenvalue weighted by atomic mass is 10.0. The maximum absolute atomic E-state index is 13.9. The van der Waals surface area contributed by atoms with Crippen LogP contribution < -0.4 is 15.8 Å². The smallest absolute Gasteiger partial charge is 0.223 e. The number of rotatable bonds is 8. The van der Waals surface area contributed by atoms with Crippen LogP contribution in [0.1, 0.15) is 39.2 Å². The summed E-state index contributed by atoms with van der Waals surface area (Å²) in [5, 5.41) is 2.77. The quantitative estimate of drug-likeness (QED) is 0.774. The van der Waals surface area contributed by atoms with E-state index >= 15 is 0 Å². The molecule has 0 spiro atoms. The summed E-state index contributed by atoms with van der Waals surface area (Å²) in [5.41, 5.74) is 6.66. The zero-order valence-electron chi connectivity index (χ0n) is 13.0. The van der Waals surface area contributed by atoms with Crippen molar-refractivity contribution in [1.82, 2.24) is 5.32 Å². The maximum Gasteiger partial charge on any atom is 0.223 e. The van der Waals surface area contributed by atoms with Gasteiger partial charge in [0.05, 0.1) is 13.0 Å². The van der Waals surface area contributed by atoms with Gasteiger partial charge >= 0.3 is 0 Å². The van der Waals surface area contributed by atoms with E-state index in [1.165, 1.54) is 6.07 Å². The van der Waals surface area contributed by atoms with Crippen molar-refractivity contribution in [1.29, 1.82) is 0 Å². The molecule has 0 aliphatic rings. The van der Waals surface area contributed by atoms with E-state index in [9.17, 15) is 9.18 Å². The van der Waals surface area contributed by atoms with Crippen LogP contribution in [-0.4, -0.2) is 24.6 Å². The van der Waals surface area contributed by atoms with Crippen LogP contribution in [0.2, 0.25) is 0 Å². The Hall–Kier alpha value is -1.62. The first-order valence-corrected chi connectivity index (χ1v) is 7.39. The minimum Gasteiger partial charge on any atom is -0.490 e. The first-order chi connectivity index (χ1) is 9.93. The number of amides is 1. The van der Waals surface area contributed by atoms with Gasteiger partial charge in [-0.3, -0.25) is 4.79 Å². The molecule has 0 fully saturated rings. The second-order valence-electron chi connectivity index (χ2n) is 5.42. The van der Waals surface area contributed by atoms with Gasteiger partial charge in [-0.25, -0.2) is 4.39 Å². The monoisotopic (exact) mass is 296 g/mol. The van der Waals surface area contributed by atoms with Gasteiger partial charge in [0.1, 0.15) is 0 Å². The van der Waals surface area contributed by atoms with Crippen molar-refractivity contribution in [3.8, 4) is 5.75 Å². The molecule has 3 N–H and O–H groups in total. The second-order valence-corrected chi connectivity index (χ2v) is 5.42. The average molecular weight is 296 g/mol. The standard InChI is InChI=1S/C16H25FN2O2/c1-4-13(18)10-12-6-5-7-14(17)16(12)21-9-8-15(20)19-11(2)3/h5-7,11,13H,4,8-10,18H2,1-3H3,(H,19,20). The zero-order valence-corrected chi connectivity index (χ0v) is 13.0. The van der Waals surface area contributed by atoms with E-state index in [1.54, 1.807) is 6.07 Å². The van der Waals surface area contributed by atoms with Gasteiger partial charge < -0.3 is 15.8 Å². The molecule has 0 heterocycles. The van der Waals surface area contributed by atoms with Gasteiger partial charge in [0.15, 0.2) is 11.6 Å². The highest BCUT2D eigenvalue weighted by molar-refractivity contribution is 5.76. The Morgan fingerprint density at radius 2 is 2.14 bits per heavy atom. The van der Waals surface area contributed by atoms with E-state index in [2.05, 4.69) is 5.32 Å². The Bertz CT molecular complexity index is 464. The maximum atomic E-state index is 13.9. The Kier molecular flexibility index (Phi) is 7.15. The molecule has 0 aliphatic carbocycles. The van der Waals surface area contributed by atoms with Crippen LogP contribution in [0.25, 0.3) is 0 Å². The van der Waals surface area contributed by atoms with Crippen molar-refractivity contribution in [2.24, 2.45) is 5.73 Å². The van der Waals surface area contributed by atoms with E-state index in [4.69, 9.17) is 10.5 Å². The van der Waals surface area contributed by atoms with Crippen molar-refractivity contribution in [2.45, 2.75) is 52.1 Å². The fourth-order valence-corrected chi connectivity index (χ4v) is 1.94. The molecule has 1 amide bonds. The molecule has 1 atom stereocenters. The van der Waals surface area contributed by atoms with Crippen LogP contribution in [0.3, 0.4) is 0 Å². The predicted octanol–water partition coefficient (Wildman–Crippen LogP) is 2.40. The SMILES string of the molecule is CCC(N)Cc1cccc(F)c1OCCC(=O)NC(C)C. The van der Waals surface area contributed by atoms with Crippen LogP contribution in [0, 0.1) is 5.82 Å². The predicted molar refractivity (Wildman–Crippen MR) is 81.8 cm³/mol. The van der Waals surface area contributed by atoms with Crippen molar-refractivity contribution in [3.05, 3.63) is 29.6 Å².